The van der Waals surface area contributed by atoms with E-state index in [-0.39, 0.29) is 24.2 Å². The number of para-hydroxylation sites is 2. The van der Waals surface area contributed by atoms with Gasteiger partial charge in [0, 0.05) is 23.4 Å². The first kappa shape index (κ1) is 19.3. The number of rotatable bonds is 0. The van der Waals surface area contributed by atoms with Crippen molar-refractivity contribution in [2.75, 3.05) is 5.32 Å². The Morgan fingerprint density at radius 3 is 2.85 bits per heavy atom. The highest BCUT2D eigenvalue weighted by Crippen LogP contribution is 2.21. The van der Waals surface area contributed by atoms with Crippen molar-refractivity contribution in [3.05, 3.63) is 93.9 Å². The van der Waals surface area contributed by atoms with Crippen LogP contribution < -0.4 is 16.2 Å². The number of aliphatic imine (C=N–C) groups is 1. The van der Waals surface area contributed by atoms with Gasteiger partial charge in [-0.25, -0.2) is 9.67 Å². The molecule has 0 saturated carbocycles. The van der Waals surface area contributed by atoms with Gasteiger partial charge in [-0.3, -0.25) is 29.8 Å². The van der Waals surface area contributed by atoms with Crippen LogP contribution in [0.25, 0.3) is 16.6 Å². The van der Waals surface area contributed by atoms with Gasteiger partial charge in [-0.05, 0) is 42.0 Å². The highest BCUT2D eigenvalue weighted by Gasteiger charge is 2.18. The zero-order valence-corrected chi connectivity index (χ0v) is 17.5. The summed E-state index contributed by atoms with van der Waals surface area (Å²) in [5.74, 6) is 0.163. The third-order valence-electron chi connectivity index (χ3n) is 5.73. The first-order valence-corrected chi connectivity index (χ1v) is 10.6. The van der Waals surface area contributed by atoms with Gasteiger partial charge in [-0.15, -0.1) is 0 Å². The molecule has 1 unspecified atom stereocenters. The third-order valence-corrected chi connectivity index (χ3v) is 5.73. The van der Waals surface area contributed by atoms with E-state index >= 15 is 0 Å². The number of nitrogens with zero attached hydrogens (tertiary/aromatic N) is 5. The molecule has 0 fully saturated rings. The Morgan fingerprint density at radius 1 is 1.00 bits per heavy atom. The van der Waals surface area contributed by atoms with Crippen molar-refractivity contribution in [3.63, 3.8) is 0 Å². The van der Waals surface area contributed by atoms with Crippen LogP contribution in [0.2, 0.25) is 0 Å². The van der Waals surface area contributed by atoms with Crippen molar-refractivity contribution in [1.29, 1.82) is 0 Å². The lowest BCUT2D eigenvalue weighted by Crippen LogP contribution is -2.28. The molecule has 0 radical (unpaired) electrons. The second kappa shape index (κ2) is 7.64. The number of nitrogens with one attached hydrogen (secondary N) is 2. The van der Waals surface area contributed by atoms with Gasteiger partial charge in [-0.2, -0.15) is 5.10 Å². The van der Waals surface area contributed by atoms with E-state index in [4.69, 9.17) is 0 Å². The van der Waals surface area contributed by atoms with Crippen molar-refractivity contribution in [2.45, 2.75) is 19.4 Å². The zero-order chi connectivity index (χ0) is 22.4. The number of fused-ring (bicyclic) bond motifs is 9. The quantitative estimate of drug-likeness (QED) is 0.439. The number of hydrogen-bond donors (Lipinski definition) is 2. The van der Waals surface area contributed by atoms with E-state index in [0.717, 1.165) is 22.2 Å². The summed E-state index contributed by atoms with van der Waals surface area (Å²) in [4.78, 5) is 34.6. The molecule has 2 aromatic carbocycles. The number of carbonyl (C=O) groups is 1. The maximum atomic E-state index is 13.1. The minimum Gasteiger partial charge on any atom is -0.297 e. The zero-order valence-electron chi connectivity index (χ0n) is 17.5. The summed E-state index contributed by atoms with van der Waals surface area (Å²) in [6.07, 6.45) is 3.44. The van der Waals surface area contributed by atoms with Crippen molar-refractivity contribution >= 4 is 34.7 Å². The van der Waals surface area contributed by atoms with Crippen LogP contribution in [0.5, 0.6) is 0 Å². The van der Waals surface area contributed by atoms with Crippen LogP contribution in [0.1, 0.15) is 21.6 Å². The second-order valence-corrected chi connectivity index (χ2v) is 7.93. The van der Waals surface area contributed by atoms with Gasteiger partial charge in [0.05, 0.1) is 29.9 Å². The fraction of sp³-hybridized carbons (Fsp3) is 0.125. The Hall–Kier alpha value is -4.37. The number of aromatic nitrogens is 4. The monoisotopic (exact) mass is 437 g/mol. The summed E-state index contributed by atoms with van der Waals surface area (Å²) in [5.41, 5.74) is 4.24. The molecule has 2 N–H and O–H groups in total. The number of imidazole rings is 1. The van der Waals surface area contributed by atoms with Gasteiger partial charge in [0.1, 0.15) is 6.17 Å². The van der Waals surface area contributed by atoms with E-state index in [1.807, 2.05) is 41.0 Å². The van der Waals surface area contributed by atoms with Crippen LogP contribution in [0, 0.1) is 0 Å². The lowest BCUT2D eigenvalue weighted by atomic mass is 10.1. The van der Waals surface area contributed by atoms with Crippen molar-refractivity contribution in [1.82, 2.24) is 24.6 Å². The molecule has 2 aromatic heterocycles. The van der Waals surface area contributed by atoms with E-state index in [1.165, 1.54) is 10.7 Å². The van der Waals surface area contributed by atoms with Crippen LogP contribution in [-0.2, 0) is 13.2 Å². The Morgan fingerprint density at radius 2 is 1.91 bits per heavy atom. The number of hydrogen-bond acceptors (Lipinski definition) is 6. The fourth-order valence-corrected chi connectivity index (χ4v) is 4.07. The molecule has 2 aliphatic heterocycles. The molecule has 162 valence electrons. The molecule has 33 heavy (non-hydrogen) atoms. The lowest BCUT2D eigenvalue weighted by Gasteiger charge is -2.14. The first-order chi connectivity index (χ1) is 16.1. The van der Waals surface area contributed by atoms with Gasteiger partial charge >= 0.3 is 0 Å². The Balaban J connectivity index is 1.48. The minimum atomic E-state index is -0.282. The molecule has 9 heteroatoms. The lowest BCUT2D eigenvalue weighted by molar-refractivity contribution is 0.102. The summed E-state index contributed by atoms with van der Waals surface area (Å²) < 4.78 is 3.32. The molecule has 0 aliphatic carbocycles. The summed E-state index contributed by atoms with van der Waals surface area (Å²) in [6, 6.07) is 18.1. The van der Waals surface area contributed by atoms with Gasteiger partial charge in [0.2, 0.25) is 5.95 Å². The molecule has 0 saturated heterocycles. The van der Waals surface area contributed by atoms with Gasteiger partial charge in [0.25, 0.3) is 11.5 Å². The number of benzene rings is 2. The van der Waals surface area contributed by atoms with E-state index < -0.39 is 0 Å². The van der Waals surface area contributed by atoms with Crippen molar-refractivity contribution in [2.24, 2.45) is 4.99 Å². The normalized spacial score (nSPS) is 17.5. The minimum absolute atomic E-state index is 0.214. The maximum Gasteiger partial charge on any atom is 0.267 e. The van der Waals surface area contributed by atoms with Gasteiger partial charge in [-0.1, -0.05) is 24.3 Å². The van der Waals surface area contributed by atoms with Gasteiger partial charge < -0.3 is 0 Å². The number of carbonyl (C=O) groups excluding carboxylic acids is 1. The smallest absolute Gasteiger partial charge is 0.267 e. The van der Waals surface area contributed by atoms with Crippen LogP contribution in [0.4, 0.5) is 5.95 Å². The molecule has 4 aromatic rings. The standard InChI is InChI=1S/C24H19N7O2/c32-22-9-8-18-17-11-21(25-12-17)26-14-30-20-7-2-1-6-19(20)27-24(30)28-23(33)16-5-3-4-15(10-16)13-31(22)29-18/h1-12,21,26H,13-14H2,(H,27,28,33). The Labute approximate surface area is 188 Å². The predicted molar refractivity (Wildman–Crippen MR) is 125 cm³/mol. The molecule has 2 aliphatic rings. The average Bonchev–Trinajstić information content (AvgIpc) is 3.43. The molecular formula is C24H19N7O2. The van der Waals surface area contributed by atoms with E-state index in [2.05, 4.69) is 25.7 Å². The topological polar surface area (TPSA) is 106 Å². The Kier molecular flexibility index (Phi) is 4.48. The third kappa shape index (κ3) is 3.54. The number of amides is 1. The molecule has 6 bridgehead atoms. The molecular weight excluding hydrogens is 418 g/mol. The number of allylic oxidation sites excluding steroid dienone is 1. The molecule has 1 amide bonds. The maximum absolute atomic E-state index is 13.1. The highest BCUT2D eigenvalue weighted by atomic mass is 16.2. The number of anilines is 1. The summed E-state index contributed by atoms with van der Waals surface area (Å²) in [7, 11) is 0. The summed E-state index contributed by atoms with van der Waals surface area (Å²) >= 11 is 0. The molecule has 6 rings (SSSR count). The van der Waals surface area contributed by atoms with Gasteiger partial charge in [0.15, 0.2) is 0 Å². The van der Waals surface area contributed by atoms with Crippen LogP contribution >= 0.6 is 0 Å². The fourth-order valence-electron chi connectivity index (χ4n) is 4.07. The average molecular weight is 437 g/mol. The van der Waals surface area contributed by atoms with Crippen LogP contribution in [0.3, 0.4) is 0 Å². The first-order valence-electron chi connectivity index (χ1n) is 10.6. The highest BCUT2D eigenvalue weighted by molar-refractivity contribution is 6.11. The van der Waals surface area contributed by atoms with E-state index in [9.17, 15) is 9.59 Å². The van der Waals surface area contributed by atoms with E-state index in [0.29, 0.717) is 23.9 Å². The van der Waals surface area contributed by atoms with Crippen molar-refractivity contribution in [3.8, 4) is 0 Å². The molecule has 9 nitrogen and oxygen atoms in total. The second-order valence-electron chi connectivity index (χ2n) is 7.93. The summed E-state index contributed by atoms with van der Waals surface area (Å²) in [6.45, 7) is 0.632. The SMILES string of the molecule is O=C1Nc2nc3ccccc3n2CNC2C=C(C=N2)c2ccc(=O)n(n2)Cc2cccc1c2. The van der Waals surface area contributed by atoms with E-state index in [1.54, 1.807) is 30.5 Å². The Bertz CT molecular complexity index is 1530. The molecule has 0 spiro atoms. The predicted octanol–water partition coefficient (Wildman–Crippen LogP) is 2.25. The van der Waals surface area contributed by atoms with Crippen molar-refractivity contribution < 1.29 is 4.79 Å². The largest absolute Gasteiger partial charge is 0.297 e. The molecule has 4 heterocycles. The summed E-state index contributed by atoms with van der Waals surface area (Å²) in [5, 5.41) is 10.8. The van der Waals surface area contributed by atoms with Crippen LogP contribution in [0.15, 0.2) is 76.5 Å². The molecule has 1 atom stereocenters. The van der Waals surface area contributed by atoms with Crippen LogP contribution in [-0.4, -0.2) is 37.6 Å².